The molecule has 8 nitrogen and oxygen atoms in total. The predicted octanol–water partition coefficient (Wildman–Crippen LogP) is 4.38. The zero-order valence-corrected chi connectivity index (χ0v) is 20.6. The SMILES string of the molecule is CC(C)(C)OC(=O)N1CCC(n2cccc2C(=O)NCc2ccc(N3CCCCC3)nc2)CC1. The molecular weight excluding hydrogens is 430 g/mol. The van der Waals surface area contributed by atoms with Crippen molar-refractivity contribution in [1.29, 1.82) is 0 Å². The Bertz CT molecular complexity index is 965. The monoisotopic (exact) mass is 467 g/mol. The zero-order valence-electron chi connectivity index (χ0n) is 20.6. The van der Waals surface area contributed by atoms with Gasteiger partial charge in [0.05, 0.1) is 0 Å². The molecule has 0 atom stereocenters. The lowest BCUT2D eigenvalue weighted by Gasteiger charge is -2.34. The van der Waals surface area contributed by atoms with Crippen LogP contribution in [-0.2, 0) is 11.3 Å². The van der Waals surface area contributed by atoms with Gasteiger partial charge < -0.3 is 24.4 Å². The molecule has 2 aliphatic heterocycles. The van der Waals surface area contributed by atoms with E-state index in [9.17, 15) is 9.59 Å². The summed E-state index contributed by atoms with van der Waals surface area (Å²) in [5.41, 5.74) is 1.13. The fourth-order valence-corrected chi connectivity index (χ4v) is 4.66. The molecule has 2 amide bonds. The maximum atomic E-state index is 12.9. The summed E-state index contributed by atoms with van der Waals surface area (Å²) in [5, 5.41) is 3.03. The van der Waals surface area contributed by atoms with Gasteiger partial charge in [0.25, 0.3) is 5.91 Å². The van der Waals surface area contributed by atoms with Crippen LogP contribution in [0.25, 0.3) is 0 Å². The quantitative estimate of drug-likeness (QED) is 0.706. The van der Waals surface area contributed by atoms with Gasteiger partial charge in [-0.15, -0.1) is 0 Å². The van der Waals surface area contributed by atoms with E-state index in [-0.39, 0.29) is 18.0 Å². The van der Waals surface area contributed by atoms with Gasteiger partial charge in [0.2, 0.25) is 0 Å². The predicted molar refractivity (Wildman–Crippen MR) is 132 cm³/mol. The number of hydrogen-bond donors (Lipinski definition) is 1. The zero-order chi connectivity index (χ0) is 24.1. The first-order valence-electron chi connectivity index (χ1n) is 12.4. The van der Waals surface area contributed by atoms with Crippen molar-refractivity contribution in [2.45, 2.75) is 71.1 Å². The summed E-state index contributed by atoms with van der Waals surface area (Å²) >= 11 is 0. The molecule has 8 heteroatoms. The van der Waals surface area contributed by atoms with E-state index >= 15 is 0 Å². The number of carbonyl (C=O) groups is 2. The van der Waals surface area contributed by atoms with E-state index in [2.05, 4.69) is 15.2 Å². The van der Waals surface area contributed by atoms with Gasteiger partial charge in [0.15, 0.2) is 0 Å². The van der Waals surface area contributed by atoms with Crippen LogP contribution in [0.15, 0.2) is 36.7 Å². The summed E-state index contributed by atoms with van der Waals surface area (Å²) in [5.74, 6) is 0.918. The highest BCUT2D eigenvalue weighted by Gasteiger charge is 2.28. The van der Waals surface area contributed by atoms with Crippen molar-refractivity contribution in [3.05, 3.63) is 47.9 Å². The molecule has 2 aromatic rings. The Morgan fingerprint density at radius 1 is 1.06 bits per heavy atom. The van der Waals surface area contributed by atoms with Crippen molar-refractivity contribution in [3.8, 4) is 0 Å². The highest BCUT2D eigenvalue weighted by Crippen LogP contribution is 2.26. The van der Waals surface area contributed by atoms with Crippen LogP contribution in [0.2, 0.25) is 0 Å². The minimum atomic E-state index is -0.497. The highest BCUT2D eigenvalue weighted by atomic mass is 16.6. The van der Waals surface area contributed by atoms with E-state index in [1.165, 1.54) is 19.3 Å². The van der Waals surface area contributed by atoms with Crippen molar-refractivity contribution in [2.75, 3.05) is 31.1 Å². The molecule has 0 bridgehead atoms. The first kappa shape index (κ1) is 24.1. The van der Waals surface area contributed by atoms with Crippen LogP contribution in [-0.4, -0.2) is 58.2 Å². The Morgan fingerprint density at radius 3 is 2.44 bits per heavy atom. The van der Waals surface area contributed by atoms with E-state index in [1.54, 1.807) is 4.90 Å². The van der Waals surface area contributed by atoms with Crippen LogP contribution >= 0.6 is 0 Å². The molecule has 4 heterocycles. The minimum Gasteiger partial charge on any atom is -0.444 e. The molecule has 2 fully saturated rings. The van der Waals surface area contributed by atoms with E-state index in [0.29, 0.717) is 25.3 Å². The molecule has 0 saturated carbocycles. The molecule has 0 aliphatic carbocycles. The Labute approximate surface area is 202 Å². The molecule has 2 aliphatic rings. The molecule has 2 aromatic heterocycles. The second kappa shape index (κ2) is 10.5. The topological polar surface area (TPSA) is 79.7 Å². The Balaban J connectivity index is 1.29. The van der Waals surface area contributed by atoms with Crippen molar-refractivity contribution >= 4 is 17.8 Å². The minimum absolute atomic E-state index is 0.0975. The number of nitrogens with one attached hydrogen (secondary N) is 1. The Kier molecular flexibility index (Phi) is 7.44. The highest BCUT2D eigenvalue weighted by molar-refractivity contribution is 5.92. The van der Waals surface area contributed by atoms with Gasteiger partial charge in [-0.2, -0.15) is 0 Å². The number of amides is 2. The van der Waals surface area contributed by atoms with Crippen LogP contribution in [0.3, 0.4) is 0 Å². The number of carbonyl (C=O) groups excluding carboxylic acids is 2. The largest absolute Gasteiger partial charge is 0.444 e. The number of aromatic nitrogens is 2. The molecule has 2 saturated heterocycles. The van der Waals surface area contributed by atoms with Crippen LogP contribution in [0, 0.1) is 0 Å². The smallest absolute Gasteiger partial charge is 0.410 e. The molecule has 0 spiro atoms. The number of hydrogen-bond acceptors (Lipinski definition) is 5. The van der Waals surface area contributed by atoms with Crippen LogP contribution in [0.5, 0.6) is 0 Å². The van der Waals surface area contributed by atoms with Crippen LogP contribution in [0.4, 0.5) is 10.6 Å². The maximum absolute atomic E-state index is 12.9. The number of rotatable bonds is 5. The average Bonchev–Trinajstić information content (AvgIpc) is 3.33. The Hall–Kier alpha value is -3.03. The summed E-state index contributed by atoms with van der Waals surface area (Å²) < 4.78 is 7.53. The van der Waals surface area contributed by atoms with E-state index < -0.39 is 5.60 Å². The summed E-state index contributed by atoms with van der Waals surface area (Å²) in [6.07, 6.45) is 8.86. The van der Waals surface area contributed by atoms with Gasteiger partial charge in [0.1, 0.15) is 17.1 Å². The first-order chi connectivity index (χ1) is 16.3. The van der Waals surface area contributed by atoms with Gasteiger partial charge in [-0.1, -0.05) is 6.07 Å². The summed E-state index contributed by atoms with van der Waals surface area (Å²) in [7, 11) is 0. The molecule has 184 valence electrons. The van der Waals surface area contributed by atoms with Crippen molar-refractivity contribution in [2.24, 2.45) is 0 Å². The van der Waals surface area contributed by atoms with E-state index in [0.717, 1.165) is 37.3 Å². The number of anilines is 1. The third-order valence-corrected chi connectivity index (χ3v) is 6.46. The van der Waals surface area contributed by atoms with Crippen LogP contribution in [0.1, 0.15) is 75.0 Å². The standard InChI is InChI=1S/C26H37N5O3/c1-26(2,3)34-25(33)30-16-11-21(12-17-30)31-15-7-8-22(31)24(32)28-19-20-9-10-23(27-18-20)29-13-5-4-6-14-29/h7-10,15,18,21H,4-6,11-14,16-17,19H2,1-3H3,(H,28,32). The van der Waals surface area contributed by atoms with Crippen LogP contribution < -0.4 is 10.2 Å². The van der Waals surface area contributed by atoms with Gasteiger partial charge in [0, 0.05) is 51.2 Å². The fourth-order valence-electron chi connectivity index (χ4n) is 4.66. The average molecular weight is 468 g/mol. The third-order valence-electron chi connectivity index (χ3n) is 6.46. The summed E-state index contributed by atoms with van der Waals surface area (Å²) in [6.45, 7) is 9.44. The lowest BCUT2D eigenvalue weighted by molar-refractivity contribution is 0.0187. The lowest BCUT2D eigenvalue weighted by atomic mass is 10.0. The molecule has 0 radical (unpaired) electrons. The number of nitrogens with zero attached hydrogens (tertiary/aromatic N) is 4. The molecule has 34 heavy (non-hydrogen) atoms. The van der Waals surface area contributed by atoms with Gasteiger partial charge in [-0.25, -0.2) is 9.78 Å². The summed E-state index contributed by atoms with van der Waals surface area (Å²) in [6, 6.07) is 8.04. The number of likely N-dealkylation sites (tertiary alicyclic amines) is 1. The van der Waals surface area contributed by atoms with E-state index in [4.69, 9.17) is 4.74 Å². The number of pyridine rings is 1. The van der Waals surface area contributed by atoms with Crippen molar-refractivity contribution in [1.82, 2.24) is 19.8 Å². The number of ether oxygens (including phenoxy) is 1. The molecule has 1 N–H and O–H groups in total. The van der Waals surface area contributed by atoms with Crippen molar-refractivity contribution < 1.29 is 14.3 Å². The molecule has 0 unspecified atom stereocenters. The van der Waals surface area contributed by atoms with Gasteiger partial charge >= 0.3 is 6.09 Å². The second-order valence-corrected chi connectivity index (χ2v) is 10.3. The normalized spacial score (nSPS) is 17.5. The number of piperidine rings is 2. The van der Waals surface area contributed by atoms with E-state index in [1.807, 2.05) is 62.0 Å². The van der Waals surface area contributed by atoms with Gasteiger partial charge in [-0.3, -0.25) is 4.79 Å². The molecular formula is C26H37N5O3. The van der Waals surface area contributed by atoms with Gasteiger partial charge in [-0.05, 0) is 76.6 Å². The molecule has 4 rings (SSSR count). The Morgan fingerprint density at radius 2 is 1.79 bits per heavy atom. The first-order valence-corrected chi connectivity index (χ1v) is 12.4. The molecule has 0 aromatic carbocycles. The lowest BCUT2D eigenvalue weighted by Crippen LogP contribution is -2.42. The second-order valence-electron chi connectivity index (χ2n) is 10.3. The summed E-state index contributed by atoms with van der Waals surface area (Å²) in [4.78, 5) is 34.0. The van der Waals surface area contributed by atoms with Crippen molar-refractivity contribution in [3.63, 3.8) is 0 Å². The third kappa shape index (κ3) is 6.10. The maximum Gasteiger partial charge on any atom is 0.410 e. The fraction of sp³-hybridized carbons (Fsp3) is 0.577.